The van der Waals surface area contributed by atoms with Crippen molar-refractivity contribution in [3.05, 3.63) is 46.4 Å². The molecule has 1 heterocycles. The molecule has 0 aliphatic heterocycles. The Bertz CT molecular complexity index is 740. The smallest absolute Gasteiger partial charge is 0.116 e. The highest BCUT2D eigenvalue weighted by Gasteiger charge is 2.08. The standard InChI is InChI=1S/C13H7Cl2NO/c14-7-1-3-9-12(5-7)16-11-4-2-8(17)6-10(11)13(9)15/h1-6,17H. The third-order valence-electron chi connectivity index (χ3n) is 2.65. The molecule has 0 amide bonds. The van der Waals surface area contributed by atoms with Crippen molar-refractivity contribution in [2.45, 2.75) is 0 Å². The zero-order chi connectivity index (χ0) is 12.0. The van der Waals surface area contributed by atoms with Crippen LogP contribution < -0.4 is 0 Å². The fourth-order valence-corrected chi connectivity index (χ4v) is 2.33. The summed E-state index contributed by atoms with van der Waals surface area (Å²) in [4.78, 5) is 4.46. The van der Waals surface area contributed by atoms with Crippen LogP contribution >= 0.6 is 23.2 Å². The molecule has 0 radical (unpaired) electrons. The molecular formula is C13H7Cl2NO. The highest BCUT2D eigenvalue weighted by atomic mass is 35.5. The summed E-state index contributed by atoms with van der Waals surface area (Å²) >= 11 is 12.2. The second-order valence-electron chi connectivity index (χ2n) is 3.79. The number of hydrogen-bond acceptors (Lipinski definition) is 2. The molecule has 17 heavy (non-hydrogen) atoms. The van der Waals surface area contributed by atoms with Crippen LogP contribution in [0.1, 0.15) is 0 Å². The number of phenolic OH excluding ortho intramolecular Hbond substituents is 1. The largest absolute Gasteiger partial charge is 0.508 e. The zero-order valence-electron chi connectivity index (χ0n) is 8.61. The lowest BCUT2D eigenvalue weighted by molar-refractivity contribution is 0.476. The van der Waals surface area contributed by atoms with Crippen molar-refractivity contribution in [3.8, 4) is 5.75 Å². The lowest BCUT2D eigenvalue weighted by Crippen LogP contribution is -1.84. The molecule has 3 aromatic rings. The van der Waals surface area contributed by atoms with Crippen molar-refractivity contribution in [3.63, 3.8) is 0 Å². The molecule has 84 valence electrons. The Morgan fingerprint density at radius 2 is 1.71 bits per heavy atom. The van der Waals surface area contributed by atoms with Crippen molar-refractivity contribution < 1.29 is 5.11 Å². The van der Waals surface area contributed by atoms with Gasteiger partial charge in [0, 0.05) is 15.8 Å². The molecule has 2 aromatic carbocycles. The second kappa shape index (κ2) is 3.76. The van der Waals surface area contributed by atoms with E-state index in [0.717, 1.165) is 21.8 Å². The lowest BCUT2D eigenvalue weighted by Gasteiger charge is -2.05. The Morgan fingerprint density at radius 1 is 0.882 bits per heavy atom. The van der Waals surface area contributed by atoms with Gasteiger partial charge in [0.2, 0.25) is 0 Å². The number of rotatable bonds is 0. The summed E-state index contributed by atoms with van der Waals surface area (Å²) in [6, 6.07) is 10.3. The van der Waals surface area contributed by atoms with Crippen LogP contribution in [-0.2, 0) is 0 Å². The summed E-state index contributed by atoms with van der Waals surface area (Å²) in [5.74, 6) is 0.175. The molecule has 1 N–H and O–H groups in total. The molecule has 2 nitrogen and oxygen atoms in total. The van der Waals surface area contributed by atoms with Gasteiger partial charge in [-0.3, -0.25) is 0 Å². The van der Waals surface area contributed by atoms with E-state index in [2.05, 4.69) is 4.98 Å². The van der Waals surface area contributed by atoms with Gasteiger partial charge in [0.15, 0.2) is 0 Å². The predicted molar refractivity (Wildman–Crippen MR) is 70.9 cm³/mol. The van der Waals surface area contributed by atoms with Crippen LogP contribution in [0, 0.1) is 0 Å². The van der Waals surface area contributed by atoms with Gasteiger partial charge in [0.05, 0.1) is 16.1 Å². The van der Waals surface area contributed by atoms with Crippen LogP contribution in [0.5, 0.6) is 5.75 Å². The maximum absolute atomic E-state index is 9.46. The minimum atomic E-state index is 0.175. The van der Waals surface area contributed by atoms with Crippen molar-refractivity contribution in [1.29, 1.82) is 0 Å². The van der Waals surface area contributed by atoms with E-state index in [4.69, 9.17) is 23.2 Å². The number of fused-ring (bicyclic) bond motifs is 2. The topological polar surface area (TPSA) is 33.1 Å². The Morgan fingerprint density at radius 3 is 2.53 bits per heavy atom. The maximum atomic E-state index is 9.46. The number of aromatic nitrogens is 1. The Labute approximate surface area is 107 Å². The number of benzene rings is 2. The highest BCUT2D eigenvalue weighted by molar-refractivity contribution is 6.40. The molecule has 0 aliphatic carbocycles. The summed E-state index contributed by atoms with van der Waals surface area (Å²) in [6.07, 6.45) is 0. The quantitative estimate of drug-likeness (QED) is 0.610. The summed E-state index contributed by atoms with van der Waals surface area (Å²) in [7, 11) is 0. The average Bonchev–Trinajstić information content (AvgIpc) is 2.30. The van der Waals surface area contributed by atoms with Gasteiger partial charge < -0.3 is 5.11 Å². The first kappa shape index (κ1) is 10.6. The second-order valence-corrected chi connectivity index (χ2v) is 4.60. The van der Waals surface area contributed by atoms with Crippen LogP contribution in [0.3, 0.4) is 0 Å². The minimum absolute atomic E-state index is 0.175. The fraction of sp³-hybridized carbons (Fsp3) is 0. The maximum Gasteiger partial charge on any atom is 0.116 e. The van der Waals surface area contributed by atoms with Crippen LogP contribution in [0.2, 0.25) is 10.0 Å². The van der Waals surface area contributed by atoms with Crippen molar-refractivity contribution >= 4 is 45.0 Å². The predicted octanol–water partition coefficient (Wildman–Crippen LogP) is 4.40. The van der Waals surface area contributed by atoms with Crippen molar-refractivity contribution in [2.24, 2.45) is 0 Å². The summed E-state index contributed by atoms with van der Waals surface area (Å²) in [5.41, 5.74) is 1.49. The van der Waals surface area contributed by atoms with E-state index in [-0.39, 0.29) is 5.75 Å². The van der Waals surface area contributed by atoms with Gasteiger partial charge in [-0.2, -0.15) is 0 Å². The van der Waals surface area contributed by atoms with E-state index in [1.54, 1.807) is 30.3 Å². The number of aromatic hydroxyl groups is 1. The molecule has 0 atom stereocenters. The third-order valence-corrected chi connectivity index (χ3v) is 3.30. The number of pyridine rings is 1. The van der Waals surface area contributed by atoms with Gasteiger partial charge in [-0.1, -0.05) is 23.2 Å². The van der Waals surface area contributed by atoms with Gasteiger partial charge in [-0.05, 0) is 36.4 Å². The van der Waals surface area contributed by atoms with E-state index < -0.39 is 0 Å². The molecule has 0 fully saturated rings. The van der Waals surface area contributed by atoms with Crippen molar-refractivity contribution in [2.75, 3.05) is 0 Å². The Kier molecular flexibility index (Phi) is 2.35. The van der Waals surface area contributed by atoms with E-state index in [9.17, 15) is 5.11 Å². The molecular weight excluding hydrogens is 257 g/mol. The van der Waals surface area contributed by atoms with Crippen LogP contribution in [-0.4, -0.2) is 10.1 Å². The van der Waals surface area contributed by atoms with E-state index in [1.807, 2.05) is 6.07 Å². The van der Waals surface area contributed by atoms with Gasteiger partial charge in [0.1, 0.15) is 5.75 Å². The summed E-state index contributed by atoms with van der Waals surface area (Å²) in [5, 5.41) is 12.2. The van der Waals surface area contributed by atoms with Gasteiger partial charge in [-0.25, -0.2) is 4.98 Å². The Hall–Kier alpha value is -1.51. The number of hydrogen-bond donors (Lipinski definition) is 1. The first-order valence-electron chi connectivity index (χ1n) is 5.02. The fourth-order valence-electron chi connectivity index (χ4n) is 1.86. The van der Waals surface area contributed by atoms with Crippen molar-refractivity contribution in [1.82, 2.24) is 4.98 Å². The molecule has 0 aliphatic rings. The van der Waals surface area contributed by atoms with Crippen LogP contribution in [0.4, 0.5) is 0 Å². The van der Waals surface area contributed by atoms with E-state index in [0.29, 0.717) is 10.0 Å². The lowest BCUT2D eigenvalue weighted by atomic mass is 10.1. The molecule has 3 rings (SSSR count). The SMILES string of the molecule is Oc1ccc2nc3cc(Cl)ccc3c(Cl)c2c1. The molecule has 4 heteroatoms. The molecule has 0 unspecified atom stereocenters. The first-order valence-corrected chi connectivity index (χ1v) is 5.78. The highest BCUT2D eigenvalue weighted by Crippen LogP contribution is 2.33. The molecule has 1 aromatic heterocycles. The average molecular weight is 264 g/mol. The van der Waals surface area contributed by atoms with Gasteiger partial charge in [0.25, 0.3) is 0 Å². The minimum Gasteiger partial charge on any atom is -0.508 e. The summed E-state index contributed by atoms with van der Waals surface area (Å²) < 4.78 is 0. The van der Waals surface area contributed by atoms with Crippen LogP contribution in [0.15, 0.2) is 36.4 Å². The summed E-state index contributed by atoms with van der Waals surface area (Å²) in [6.45, 7) is 0. The molecule has 0 saturated heterocycles. The molecule has 0 spiro atoms. The monoisotopic (exact) mass is 263 g/mol. The number of phenols is 1. The van der Waals surface area contributed by atoms with E-state index in [1.165, 1.54) is 0 Å². The third kappa shape index (κ3) is 1.70. The van der Waals surface area contributed by atoms with Gasteiger partial charge >= 0.3 is 0 Å². The number of nitrogens with zero attached hydrogens (tertiary/aromatic N) is 1. The molecule has 0 saturated carbocycles. The first-order chi connectivity index (χ1) is 8.15. The zero-order valence-corrected chi connectivity index (χ0v) is 10.1. The number of halogens is 2. The van der Waals surface area contributed by atoms with Gasteiger partial charge in [-0.15, -0.1) is 0 Å². The van der Waals surface area contributed by atoms with Crippen LogP contribution in [0.25, 0.3) is 21.8 Å². The Balaban J connectivity index is 2.52. The van der Waals surface area contributed by atoms with E-state index >= 15 is 0 Å². The molecule has 0 bridgehead atoms. The normalized spacial score (nSPS) is 11.2.